The lowest BCUT2D eigenvalue weighted by Crippen LogP contribution is -2.24. The molecule has 0 fully saturated rings. The standard InChI is InChI=1S/C11H13F4NO/c1-17-10-7(3-2-4-9(10)12)8(5-6-16)11(13,14)15/h2-4,8H,5-6,16H2,1H3. The molecule has 0 aromatic heterocycles. The Balaban J connectivity index is 3.23. The summed E-state index contributed by atoms with van der Waals surface area (Å²) in [6.45, 7) is -0.135. The fourth-order valence-corrected chi connectivity index (χ4v) is 1.68. The molecule has 0 saturated carbocycles. The van der Waals surface area contributed by atoms with Crippen molar-refractivity contribution in [2.45, 2.75) is 18.5 Å². The molecule has 0 spiro atoms. The number of methoxy groups -OCH3 is 1. The van der Waals surface area contributed by atoms with Gasteiger partial charge in [-0.15, -0.1) is 0 Å². The van der Waals surface area contributed by atoms with E-state index in [1.54, 1.807) is 0 Å². The van der Waals surface area contributed by atoms with Crippen molar-refractivity contribution in [3.8, 4) is 5.75 Å². The van der Waals surface area contributed by atoms with Crippen LogP contribution in [0, 0.1) is 5.82 Å². The van der Waals surface area contributed by atoms with E-state index in [0.29, 0.717) is 0 Å². The van der Waals surface area contributed by atoms with E-state index >= 15 is 0 Å². The predicted molar refractivity (Wildman–Crippen MR) is 55.4 cm³/mol. The summed E-state index contributed by atoms with van der Waals surface area (Å²) >= 11 is 0. The van der Waals surface area contributed by atoms with Crippen LogP contribution < -0.4 is 10.5 Å². The minimum absolute atomic E-state index is 0.135. The van der Waals surface area contributed by atoms with Crippen molar-refractivity contribution in [2.75, 3.05) is 13.7 Å². The zero-order valence-corrected chi connectivity index (χ0v) is 9.22. The SMILES string of the molecule is COc1c(F)cccc1C(CCN)C(F)(F)F. The van der Waals surface area contributed by atoms with Gasteiger partial charge in [-0.25, -0.2) is 4.39 Å². The number of hydrogen-bond donors (Lipinski definition) is 1. The molecule has 1 aromatic carbocycles. The molecule has 2 nitrogen and oxygen atoms in total. The minimum atomic E-state index is -4.47. The van der Waals surface area contributed by atoms with Gasteiger partial charge in [-0.3, -0.25) is 0 Å². The van der Waals surface area contributed by atoms with Crippen LogP contribution in [-0.4, -0.2) is 19.8 Å². The van der Waals surface area contributed by atoms with Gasteiger partial charge in [-0.05, 0) is 19.0 Å². The van der Waals surface area contributed by atoms with Gasteiger partial charge in [0.1, 0.15) is 0 Å². The van der Waals surface area contributed by atoms with Crippen molar-refractivity contribution in [3.63, 3.8) is 0 Å². The van der Waals surface area contributed by atoms with Crippen LogP contribution in [0.3, 0.4) is 0 Å². The second kappa shape index (κ2) is 5.35. The second-order valence-electron chi connectivity index (χ2n) is 3.53. The Morgan fingerprint density at radius 2 is 2.00 bits per heavy atom. The lowest BCUT2D eigenvalue weighted by atomic mass is 9.94. The van der Waals surface area contributed by atoms with Crippen LogP contribution in [0.5, 0.6) is 5.75 Å². The molecule has 17 heavy (non-hydrogen) atoms. The fourth-order valence-electron chi connectivity index (χ4n) is 1.68. The highest BCUT2D eigenvalue weighted by Gasteiger charge is 2.41. The van der Waals surface area contributed by atoms with E-state index in [1.807, 2.05) is 0 Å². The Morgan fingerprint density at radius 3 is 2.47 bits per heavy atom. The van der Waals surface area contributed by atoms with Gasteiger partial charge in [0.25, 0.3) is 0 Å². The van der Waals surface area contributed by atoms with E-state index in [9.17, 15) is 17.6 Å². The fraction of sp³-hybridized carbons (Fsp3) is 0.455. The first kappa shape index (κ1) is 13.8. The molecule has 1 atom stereocenters. The number of halogens is 4. The third kappa shape index (κ3) is 3.09. The first-order valence-electron chi connectivity index (χ1n) is 5.01. The topological polar surface area (TPSA) is 35.2 Å². The number of alkyl halides is 3. The number of rotatable bonds is 4. The molecule has 1 rings (SSSR count). The summed E-state index contributed by atoms with van der Waals surface area (Å²) in [5.74, 6) is -2.99. The van der Waals surface area contributed by atoms with Gasteiger partial charge in [0.15, 0.2) is 11.6 Å². The summed E-state index contributed by atoms with van der Waals surface area (Å²) in [7, 11) is 1.14. The summed E-state index contributed by atoms with van der Waals surface area (Å²) < 4.78 is 56.4. The zero-order chi connectivity index (χ0) is 13.1. The summed E-state index contributed by atoms with van der Waals surface area (Å²) in [6, 6.07) is 3.48. The Morgan fingerprint density at radius 1 is 1.35 bits per heavy atom. The molecule has 96 valence electrons. The molecular formula is C11H13F4NO. The van der Waals surface area contributed by atoms with Crippen molar-refractivity contribution in [3.05, 3.63) is 29.6 Å². The molecule has 0 amide bonds. The van der Waals surface area contributed by atoms with Crippen LogP contribution in [0.25, 0.3) is 0 Å². The molecule has 0 heterocycles. The van der Waals surface area contributed by atoms with Gasteiger partial charge >= 0.3 is 6.18 Å². The van der Waals surface area contributed by atoms with Crippen LogP contribution in [0.2, 0.25) is 0 Å². The van der Waals surface area contributed by atoms with Crippen LogP contribution in [0.1, 0.15) is 17.9 Å². The predicted octanol–water partition coefficient (Wildman–Crippen LogP) is 2.83. The van der Waals surface area contributed by atoms with Crippen LogP contribution in [0.4, 0.5) is 17.6 Å². The largest absolute Gasteiger partial charge is 0.493 e. The molecule has 0 aliphatic rings. The van der Waals surface area contributed by atoms with Gasteiger partial charge in [0.05, 0.1) is 13.0 Å². The van der Waals surface area contributed by atoms with Gasteiger partial charge in [0, 0.05) is 5.56 Å². The second-order valence-corrected chi connectivity index (χ2v) is 3.53. The van der Waals surface area contributed by atoms with Crippen molar-refractivity contribution in [1.82, 2.24) is 0 Å². The Bertz CT molecular complexity index is 378. The highest BCUT2D eigenvalue weighted by atomic mass is 19.4. The minimum Gasteiger partial charge on any atom is -0.493 e. The first-order valence-corrected chi connectivity index (χ1v) is 5.01. The smallest absolute Gasteiger partial charge is 0.395 e. The lowest BCUT2D eigenvalue weighted by molar-refractivity contribution is -0.151. The van der Waals surface area contributed by atoms with E-state index in [-0.39, 0.29) is 24.3 Å². The average Bonchev–Trinajstić information content (AvgIpc) is 2.24. The van der Waals surface area contributed by atoms with Crippen molar-refractivity contribution in [1.29, 1.82) is 0 Å². The summed E-state index contributed by atoms with van der Waals surface area (Å²) in [4.78, 5) is 0. The van der Waals surface area contributed by atoms with Gasteiger partial charge in [-0.1, -0.05) is 12.1 Å². The summed E-state index contributed by atoms with van der Waals surface area (Å²) in [6.07, 6.45) is -4.77. The van der Waals surface area contributed by atoms with Crippen LogP contribution in [-0.2, 0) is 0 Å². The Hall–Kier alpha value is -1.30. The number of para-hydroxylation sites is 1. The number of ether oxygens (including phenoxy) is 1. The molecule has 0 bridgehead atoms. The van der Waals surface area contributed by atoms with Gasteiger partial charge < -0.3 is 10.5 Å². The third-order valence-electron chi connectivity index (χ3n) is 2.43. The number of benzene rings is 1. The maximum atomic E-state index is 13.3. The lowest BCUT2D eigenvalue weighted by Gasteiger charge is -2.22. The molecule has 0 radical (unpaired) electrons. The van der Waals surface area contributed by atoms with E-state index in [1.165, 1.54) is 12.1 Å². The van der Waals surface area contributed by atoms with E-state index < -0.39 is 17.9 Å². The van der Waals surface area contributed by atoms with Crippen molar-refractivity contribution >= 4 is 0 Å². The van der Waals surface area contributed by atoms with E-state index in [4.69, 9.17) is 5.73 Å². The van der Waals surface area contributed by atoms with Gasteiger partial charge in [0.2, 0.25) is 0 Å². The highest BCUT2D eigenvalue weighted by molar-refractivity contribution is 5.38. The molecule has 6 heteroatoms. The monoisotopic (exact) mass is 251 g/mol. The normalized spacial score (nSPS) is 13.5. The Kier molecular flexibility index (Phi) is 4.34. The molecule has 0 saturated heterocycles. The number of hydrogen-bond acceptors (Lipinski definition) is 2. The molecule has 0 aliphatic carbocycles. The van der Waals surface area contributed by atoms with Crippen molar-refractivity contribution in [2.24, 2.45) is 5.73 Å². The average molecular weight is 251 g/mol. The van der Waals surface area contributed by atoms with E-state index in [0.717, 1.165) is 13.2 Å². The summed E-state index contributed by atoms with van der Waals surface area (Å²) in [5, 5.41) is 0. The highest BCUT2D eigenvalue weighted by Crippen LogP contribution is 2.41. The first-order chi connectivity index (χ1) is 7.91. The number of nitrogens with two attached hydrogens (primary N) is 1. The van der Waals surface area contributed by atoms with E-state index in [2.05, 4.69) is 4.74 Å². The quantitative estimate of drug-likeness (QED) is 0.835. The summed E-state index contributed by atoms with van der Waals surface area (Å²) in [5.41, 5.74) is 4.94. The molecular weight excluding hydrogens is 238 g/mol. The zero-order valence-electron chi connectivity index (χ0n) is 9.22. The van der Waals surface area contributed by atoms with Crippen molar-refractivity contribution < 1.29 is 22.3 Å². The molecule has 1 unspecified atom stereocenters. The molecule has 1 aromatic rings. The Labute approximate surface area is 96.4 Å². The van der Waals surface area contributed by atoms with Crippen LogP contribution in [0.15, 0.2) is 18.2 Å². The molecule has 2 N–H and O–H groups in total. The van der Waals surface area contributed by atoms with Gasteiger partial charge in [-0.2, -0.15) is 13.2 Å². The maximum Gasteiger partial charge on any atom is 0.395 e. The maximum absolute atomic E-state index is 13.3. The van der Waals surface area contributed by atoms with Crippen LogP contribution >= 0.6 is 0 Å². The molecule has 0 aliphatic heterocycles. The third-order valence-corrected chi connectivity index (χ3v) is 2.43.